The molecule has 1 aromatic carbocycles. The fraction of sp³-hybridized carbons (Fsp3) is 0.0667. The van der Waals surface area contributed by atoms with Crippen LogP contribution in [-0.2, 0) is 6.61 Å². The van der Waals surface area contributed by atoms with Crippen LogP contribution in [0.5, 0.6) is 5.75 Å². The molecule has 0 saturated carbocycles. The van der Waals surface area contributed by atoms with Crippen LogP contribution in [0, 0.1) is 0 Å². The summed E-state index contributed by atoms with van der Waals surface area (Å²) in [6.45, 7) is 0.451. The molecule has 0 aliphatic rings. The Morgan fingerprint density at radius 1 is 1.14 bits per heavy atom. The van der Waals surface area contributed by atoms with Crippen LogP contribution in [0.1, 0.15) is 15.9 Å². The summed E-state index contributed by atoms with van der Waals surface area (Å²) in [5, 5.41) is 8.83. The molecule has 3 rings (SSSR count). The standard InChI is InChI=1S/C15H13N5O2/c21-14(19-15-17-10-18-20-15)12-1-3-13(4-2-12)22-9-11-5-7-16-8-6-11/h1-8,10H,9H2,(H2,17,18,19,20,21). The molecule has 0 unspecified atom stereocenters. The second-order valence-corrected chi connectivity index (χ2v) is 4.46. The Labute approximate surface area is 126 Å². The molecule has 2 heterocycles. The van der Waals surface area contributed by atoms with E-state index in [1.54, 1.807) is 36.7 Å². The molecule has 1 amide bonds. The van der Waals surface area contributed by atoms with E-state index >= 15 is 0 Å². The second kappa shape index (κ2) is 6.49. The third kappa shape index (κ3) is 3.45. The molecule has 7 nitrogen and oxygen atoms in total. The Bertz CT molecular complexity index is 726. The SMILES string of the molecule is O=C(Nc1ncn[nH]1)c1ccc(OCc2ccncc2)cc1. The Hall–Kier alpha value is -3.22. The van der Waals surface area contributed by atoms with Gasteiger partial charge in [-0.1, -0.05) is 0 Å². The van der Waals surface area contributed by atoms with Crippen LogP contribution < -0.4 is 10.1 Å². The van der Waals surface area contributed by atoms with E-state index in [1.165, 1.54) is 6.33 Å². The molecule has 2 aromatic heterocycles. The zero-order valence-electron chi connectivity index (χ0n) is 11.6. The predicted octanol–water partition coefficient (Wildman–Crippen LogP) is 2.03. The van der Waals surface area contributed by atoms with Gasteiger partial charge in [0.2, 0.25) is 5.95 Å². The summed E-state index contributed by atoms with van der Waals surface area (Å²) in [5.74, 6) is 0.730. The van der Waals surface area contributed by atoms with Gasteiger partial charge >= 0.3 is 0 Å². The molecule has 0 aliphatic heterocycles. The number of carbonyl (C=O) groups excluding carboxylic acids is 1. The number of H-pyrrole nitrogens is 1. The maximum atomic E-state index is 12.0. The van der Waals surface area contributed by atoms with Crippen molar-refractivity contribution in [1.82, 2.24) is 20.2 Å². The monoisotopic (exact) mass is 295 g/mol. The van der Waals surface area contributed by atoms with Crippen LogP contribution in [0.25, 0.3) is 0 Å². The van der Waals surface area contributed by atoms with Crippen LogP contribution in [0.2, 0.25) is 0 Å². The first-order valence-electron chi connectivity index (χ1n) is 6.60. The third-order valence-corrected chi connectivity index (χ3v) is 2.92. The molecule has 110 valence electrons. The molecule has 0 fully saturated rings. The average molecular weight is 295 g/mol. The molecule has 0 aliphatic carbocycles. The first-order valence-corrected chi connectivity index (χ1v) is 6.60. The highest BCUT2D eigenvalue weighted by molar-refractivity contribution is 6.03. The number of anilines is 1. The first-order chi connectivity index (χ1) is 10.8. The minimum absolute atomic E-state index is 0.266. The van der Waals surface area contributed by atoms with E-state index in [4.69, 9.17) is 4.74 Å². The topological polar surface area (TPSA) is 92.8 Å². The second-order valence-electron chi connectivity index (χ2n) is 4.46. The summed E-state index contributed by atoms with van der Waals surface area (Å²) in [7, 11) is 0. The average Bonchev–Trinajstić information content (AvgIpc) is 3.07. The van der Waals surface area contributed by atoms with Gasteiger partial charge in [-0.15, -0.1) is 0 Å². The predicted molar refractivity (Wildman–Crippen MR) is 79.3 cm³/mol. The molecular weight excluding hydrogens is 282 g/mol. The number of hydrogen-bond donors (Lipinski definition) is 2. The smallest absolute Gasteiger partial charge is 0.258 e. The highest BCUT2D eigenvalue weighted by Gasteiger charge is 2.07. The van der Waals surface area contributed by atoms with Gasteiger partial charge in [0.25, 0.3) is 5.91 Å². The van der Waals surface area contributed by atoms with Crippen molar-refractivity contribution in [3.05, 3.63) is 66.2 Å². The van der Waals surface area contributed by atoms with Gasteiger partial charge < -0.3 is 4.74 Å². The van der Waals surface area contributed by atoms with E-state index in [0.717, 1.165) is 5.56 Å². The molecule has 0 atom stereocenters. The number of aromatic amines is 1. The van der Waals surface area contributed by atoms with Gasteiger partial charge in [-0.25, -0.2) is 5.10 Å². The summed E-state index contributed by atoms with van der Waals surface area (Å²) in [4.78, 5) is 19.7. The van der Waals surface area contributed by atoms with Crippen molar-refractivity contribution in [1.29, 1.82) is 0 Å². The van der Waals surface area contributed by atoms with Crippen LogP contribution >= 0.6 is 0 Å². The van der Waals surface area contributed by atoms with Crippen molar-refractivity contribution in [2.45, 2.75) is 6.61 Å². The zero-order chi connectivity index (χ0) is 15.2. The minimum atomic E-state index is -0.266. The lowest BCUT2D eigenvalue weighted by molar-refractivity contribution is 0.102. The largest absolute Gasteiger partial charge is 0.489 e. The number of nitrogens with one attached hydrogen (secondary N) is 2. The normalized spacial score (nSPS) is 10.2. The molecule has 0 bridgehead atoms. The van der Waals surface area contributed by atoms with Crippen molar-refractivity contribution < 1.29 is 9.53 Å². The van der Waals surface area contributed by atoms with Crippen molar-refractivity contribution in [2.75, 3.05) is 5.32 Å². The minimum Gasteiger partial charge on any atom is -0.489 e. The van der Waals surface area contributed by atoms with Gasteiger partial charge in [0.15, 0.2) is 0 Å². The summed E-state index contributed by atoms with van der Waals surface area (Å²) >= 11 is 0. The van der Waals surface area contributed by atoms with E-state index in [2.05, 4.69) is 25.5 Å². The Kier molecular flexibility index (Phi) is 4.05. The summed E-state index contributed by atoms with van der Waals surface area (Å²) in [5.41, 5.74) is 1.54. The third-order valence-electron chi connectivity index (χ3n) is 2.92. The van der Waals surface area contributed by atoms with Gasteiger partial charge in [-0.3, -0.25) is 15.1 Å². The molecule has 3 aromatic rings. The maximum Gasteiger partial charge on any atom is 0.258 e. The molecule has 0 spiro atoms. The number of rotatable bonds is 5. The lowest BCUT2D eigenvalue weighted by Gasteiger charge is -2.07. The fourth-order valence-electron chi connectivity index (χ4n) is 1.79. The van der Waals surface area contributed by atoms with Crippen LogP contribution in [0.4, 0.5) is 5.95 Å². The quantitative estimate of drug-likeness (QED) is 0.751. The van der Waals surface area contributed by atoms with Gasteiger partial charge in [0.1, 0.15) is 18.7 Å². The fourth-order valence-corrected chi connectivity index (χ4v) is 1.79. The molecule has 7 heteroatoms. The highest BCUT2D eigenvalue weighted by Crippen LogP contribution is 2.14. The van der Waals surface area contributed by atoms with Crippen LogP contribution in [-0.4, -0.2) is 26.1 Å². The Morgan fingerprint density at radius 3 is 2.59 bits per heavy atom. The van der Waals surface area contributed by atoms with E-state index in [-0.39, 0.29) is 5.91 Å². The molecule has 2 N–H and O–H groups in total. The van der Waals surface area contributed by atoms with Crippen molar-refractivity contribution >= 4 is 11.9 Å². The lowest BCUT2D eigenvalue weighted by Crippen LogP contribution is -2.12. The molecule has 0 saturated heterocycles. The van der Waals surface area contributed by atoms with Crippen LogP contribution in [0.15, 0.2) is 55.1 Å². The number of ether oxygens (including phenoxy) is 1. The number of amides is 1. The van der Waals surface area contributed by atoms with Crippen molar-refractivity contribution in [3.63, 3.8) is 0 Å². The lowest BCUT2D eigenvalue weighted by atomic mass is 10.2. The van der Waals surface area contributed by atoms with Gasteiger partial charge in [-0.2, -0.15) is 10.1 Å². The Morgan fingerprint density at radius 2 is 1.91 bits per heavy atom. The number of carbonyl (C=O) groups is 1. The van der Waals surface area contributed by atoms with Gasteiger partial charge in [0.05, 0.1) is 0 Å². The molecular formula is C15H13N5O2. The van der Waals surface area contributed by atoms with Gasteiger partial charge in [0, 0.05) is 18.0 Å². The van der Waals surface area contributed by atoms with E-state index in [1.807, 2.05) is 12.1 Å². The highest BCUT2D eigenvalue weighted by atomic mass is 16.5. The molecule has 0 radical (unpaired) electrons. The number of pyridine rings is 1. The number of hydrogen-bond acceptors (Lipinski definition) is 5. The van der Waals surface area contributed by atoms with E-state index in [0.29, 0.717) is 23.9 Å². The van der Waals surface area contributed by atoms with Gasteiger partial charge in [-0.05, 0) is 42.0 Å². The van der Waals surface area contributed by atoms with E-state index < -0.39 is 0 Å². The summed E-state index contributed by atoms with van der Waals surface area (Å²) in [6.07, 6.45) is 4.76. The number of aromatic nitrogens is 4. The van der Waals surface area contributed by atoms with Crippen molar-refractivity contribution in [3.8, 4) is 5.75 Å². The Balaban J connectivity index is 1.59. The maximum absolute atomic E-state index is 12.0. The number of benzene rings is 1. The summed E-state index contributed by atoms with van der Waals surface area (Å²) in [6, 6.07) is 10.6. The van der Waals surface area contributed by atoms with Crippen molar-refractivity contribution in [2.24, 2.45) is 0 Å². The summed E-state index contributed by atoms with van der Waals surface area (Å²) < 4.78 is 5.64. The van der Waals surface area contributed by atoms with E-state index in [9.17, 15) is 4.79 Å². The number of nitrogens with zero attached hydrogens (tertiary/aromatic N) is 3. The van der Waals surface area contributed by atoms with Crippen LogP contribution in [0.3, 0.4) is 0 Å². The zero-order valence-corrected chi connectivity index (χ0v) is 11.6. The first kappa shape index (κ1) is 13.7. The molecule has 22 heavy (non-hydrogen) atoms.